The van der Waals surface area contributed by atoms with Crippen LogP contribution in [0.4, 0.5) is 5.00 Å². The van der Waals surface area contributed by atoms with Crippen molar-refractivity contribution in [3.63, 3.8) is 0 Å². The summed E-state index contributed by atoms with van der Waals surface area (Å²) >= 11 is 1.15. The van der Waals surface area contributed by atoms with Gasteiger partial charge in [0.05, 0.1) is 65.8 Å². The lowest BCUT2D eigenvalue weighted by molar-refractivity contribution is -0.340. The van der Waals surface area contributed by atoms with Crippen LogP contribution < -0.4 is 11.1 Å². The average molecular weight is 1130 g/mol. The topological polar surface area (TPSA) is 277 Å². The Kier molecular flexibility index (Phi) is 23.6. The van der Waals surface area contributed by atoms with Gasteiger partial charge in [-0.1, -0.05) is 68.8 Å². The number of aryl methyl sites for hydroxylation is 1. The molecule has 4 aliphatic rings. The summed E-state index contributed by atoms with van der Waals surface area (Å²) in [6.45, 7) is 14.1. The lowest BCUT2D eigenvalue weighted by Crippen LogP contribution is -2.65. The Bertz CT molecular complexity index is 2330. The van der Waals surface area contributed by atoms with Crippen molar-refractivity contribution in [1.29, 1.82) is 0 Å². The van der Waals surface area contributed by atoms with Gasteiger partial charge in [0.25, 0.3) is 5.91 Å². The molecule has 0 bridgehead atoms. The molecule has 5 heterocycles. The maximum Gasteiger partial charge on any atom is 0.308 e. The molecule has 2 aromatic rings. The zero-order chi connectivity index (χ0) is 58.0. The van der Waals surface area contributed by atoms with Gasteiger partial charge < -0.3 is 84.1 Å². The number of thiophene rings is 1. The average Bonchev–Trinajstić information content (AvgIpc) is 3.83. The number of cyclic esters (lactones) is 1. The minimum Gasteiger partial charge on any atom is -0.462 e. The lowest BCUT2D eigenvalue weighted by Gasteiger charge is -2.50. The van der Waals surface area contributed by atoms with E-state index in [1.165, 1.54) is 27.2 Å². The van der Waals surface area contributed by atoms with Gasteiger partial charge in [-0.05, 0) is 92.1 Å². The first kappa shape index (κ1) is 64.4. The highest BCUT2D eigenvalue weighted by atomic mass is 32.1. The molecule has 3 saturated heterocycles. The Morgan fingerprint density at radius 3 is 2.22 bits per heavy atom. The molecule has 0 aliphatic carbocycles. The van der Waals surface area contributed by atoms with Crippen LogP contribution in [0, 0.1) is 17.8 Å². The fourth-order valence-electron chi connectivity index (χ4n) is 11.3. The molecule has 1 unspecified atom stereocenters. The molecule has 0 radical (unpaired) electrons. The highest BCUT2D eigenvalue weighted by molar-refractivity contribution is 7.16. The largest absolute Gasteiger partial charge is 0.462 e. The molecule has 6 rings (SSSR count). The van der Waals surface area contributed by atoms with Crippen LogP contribution in [-0.2, 0) is 58.6 Å². The second kappa shape index (κ2) is 29.0. The van der Waals surface area contributed by atoms with Crippen molar-refractivity contribution < 1.29 is 82.5 Å². The number of allylic oxidation sites excluding steroid dienone is 3. The van der Waals surface area contributed by atoms with Gasteiger partial charge in [-0.3, -0.25) is 14.4 Å². The molecule has 20 nitrogen and oxygen atoms in total. The quantitative estimate of drug-likeness (QED) is 0.0853. The van der Waals surface area contributed by atoms with Gasteiger partial charge in [0.1, 0.15) is 42.7 Å². The van der Waals surface area contributed by atoms with E-state index < -0.39 is 140 Å². The normalized spacial score (nSPS) is 39.4. The maximum atomic E-state index is 14.4. The van der Waals surface area contributed by atoms with Crippen molar-refractivity contribution in [2.45, 2.75) is 204 Å². The van der Waals surface area contributed by atoms with Crippen molar-refractivity contribution in [2.24, 2.45) is 17.8 Å². The number of nitrogens with two attached hydrogens (primary N) is 1. The Labute approximate surface area is 469 Å². The third kappa shape index (κ3) is 16.3. The number of ketones is 1. The van der Waals surface area contributed by atoms with Crippen LogP contribution in [0.2, 0.25) is 0 Å². The summed E-state index contributed by atoms with van der Waals surface area (Å²) in [4.78, 5) is 44.8. The molecule has 444 valence electrons. The van der Waals surface area contributed by atoms with E-state index in [1.54, 1.807) is 65.8 Å². The predicted octanol–water partition coefficient (Wildman–Crippen LogP) is 4.42. The molecule has 1 amide bonds. The number of carbonyl (C=O) groups is 3. The molecule has 0 spiro atoms. The highest BCUT2D eigenvalue weighted by Gasteiger charge is 2.52. The molecular weight excluding hydrogens is 1040 g/mol. The number of nitrogens with zero attached hydrogens (tertiary/aromatic N) is 1. The van der Waals surface area contributed by atoms with E-state index in [1.807, 2.05) is 50.3 Å². The molecule has 1 aromatic carbocycles. The summed E-state index contributed by atoms with van der Waals surface area (Å²) < 4.78 is 55.9. The maximum absolute atomic E-state index is 14.4. The smallest absolute Gasteiger partial charge is 0.308 e. The fourth-order valence-corrected chi connectivity index (χ4v) is 12.4. The fraction of sp³-hybridized carbons (Fsp3) is 0.707. The Morgan fingerprint density at radius 2 is 1.57 bits per heavy atom. The van der Waals surface area contributed by atoms with Crippen LogP contribution >= 0.6 is 11.3 Å². The summed E-state index contributed by atoms with van der Waals surface area (Å²) in [7, 11) is 6.46. The van der Waals surface area contributed by atoms with Crippen LogP contribution in [0.15, 0.2) is 60.2 Å². The number of rotatable bonds is 17. The Morgan fingerprint density at radius 1 is 0.886 bits per heavy atom. The monoisotopic (exact) mass is 1130 g/mol. The van der Waals surface area contributed by atoms with Gasteiger partial charge in [-0.15, -0.1) is 11.3 Å². The van der Waals surface area contributed by atoms with Gasteiger partial charge in [0.15, 0.2) is 24.7 Å². The second-order valence-corrected chi connectivity index (χ2v) is 23.6. The van der Waals surface area contributed by atoms with Crippen molar-refractivity contribution in [3.8, 4) is 0 Å². The number of hydrogen-bond acceptors (Lipinski definition) is 20. The number of methoxy groups -OCH3 is 2. The molecule has 1 aromatic heterocycles. The Balaban J connectivity index is 1.34. The number of ether oxygens (including phenoxy) is 9. The summed E-state index contributed by atoms with van der Waals surface area (Å²) in [5.41, 5.74) is 7.20. The number of carbonyl (C=O) groups excluding carboxylic acids is 3. The molecule has 4 aliphatic heterocycles. The summed E-state index contributed by atoms with van der Waals surface area (Å²) in [6, 6.07) is 10.8. The third-order valence-corrected chi connectivity index (χ3v) is 17.2. The number of aliphatic hydroxyl groups excluding tert-OH is 4. The van der Waals surface area contributed by atoms with E-state index >= 15 is 0 Å². The summed E-state index contributed by atoms with van der Waals surface area (Å²) in [6.07, 6.45) is -8.44. The first-order valence-corrected chi connectivity index (χ1v) is 28.6. The molecule has 79 heavy (non-hydrogen) atoms. The third-order valence-electron chi connectivity index (χ3n) is 16.1. The van der Waals surface area contributed by atoms with Crippen molar-refractivity contribution in [2.75, 3.05) is 47.2 Å². The van der Waals surface area contributed by atoms with Crippen LogP contribution in [0.25, 0.3) is 0 Å². The van der Waals surface area contributed by atoms with E-state index in [0.29, 0.717) is 29.8 Å². The van der Waals surface area contributed by atoms with E-state index in [-0.39, 0.29) is 41.7 Å². The molecule has 21 heteroatoms. The first-order valence-electron chi connectivity index (χ1n) is 27.8. The number of aliphatic hydroxyl groups is 5. The molecular formula is C58H89N3O17S. The van der Waals surface area contributed by atoms with Crippen LogP contribution in [-0.4, -0.2) is 193 Å². The first-order chi connectivity index (χ1) is 37.4. The SMILES string of the molecule is CC[C@H]1OC(=O)C[C@@H](O)[C@H](C)[C@@H](O[C@@H]2O[C@H](C)[C@@H](O[C@H]3C[C@@](C)(O)[C@@H](O)[C@H](C)O3)[C@H](N(C)C)[C@H]2O)C(c2cc(C(=O)NCCCc3ccccc3)c(N)s2)C[C@@H](C)C(=O)/C=C/C(C)=C/[C@@H]1CO[C@@H]1O[C@H](C)[C@@H](O)[C@@H](OC)[C@H]1OC. The summed E-state index contributed by atoms with van der Waals surface area (Å²) in [5.74, 6) is -4.35. The van der Waals surface area contributed by atoms with Crippen LogP contribution in [0.5, 0.6) is 0 Å². The van der Waals surface area contributed by atoms with E-state index in [9.17, 15) is 39.9 Å². The number of likely N-dealkylation sites (N-methyl/N-ethyl adjacent to an activating group) is 1. The number of anilines is 1. The number of benzene rings is 1. The molecule has 8 N–H and O–H groups in total. The zero-order valence-electron chi connectivity index (χ0n) is 48.0. The molecule has 21 atom stereocenters. The minimum atomic E-state index is -1.52. The van der Waals surface area contributed by atoms with Gasteiger partial charge in [0, 0.05) is 55.7 Å². The predicted molar refractivity (Wildman–Crippen MR) is 295 cm³/mol. The van der Waals surface area contributed by atoms with Crippen molar-refractivity contribution in [1.82, 2.24) is 10.2 Å². The van der Waals surface area contributed by atoms with Gasteiger partial charge in [-0.2, -0.15) is 0 Å². The Hall–Kier alpha value is -3.75. The number of hydrogen-bond donors (Lipinski definition) is 7. The highest BCUT2D eigenvalue weighted by Crippen LogP contribution is 2.43. The van der Waals surface area contributed by atoms with E-state index in [2.05, 4.69) is 5.32 Å². The number of esters is 1. The van der Waals surface area contributed by atoms with Crippen molar-refractivity contribution in [3.05, 3.63) is 76.2 Å². The minimum absolute atomic E-state index is 0.0298. The van der Waals surface area contributed by atoms with Gasteiger partial charge >= 0.3 is 5.97 Å². The second-order valence-electron chi connectivity index (χ2n) is 22.5. The van der Waals surface area contributed by atoms with Crippen LogP contribution in [0.3, 0.4) is 0 Å². The van der Waals surface area contributed by atoms with E-state index in [0.717, 1.165) is 23.3 Å². The number of amides is 1. The molecule has 3 fully saturated rings. The summed E-state index contributed by atoms with van der Waals surface area (Å²) in [5, 5.41) is 60.4. The van der Waals surface area contributed by atoms with Gasteiger partial charge in [0.2, 0.25) is 0 Å². The zero-order valence-corrected chi connectivity index (χ0v) is 48.8. The lowest BCUT2D eigenvalue weighted by atomic mass is 9.80. The van der Waals surface area contributed by atoms with E-state index in [4.69, 9.17) is 48.4 Å². The van der Waals surface area contributed by atoms with Crippen LogP contribution in [0.1, 0.15) is 114 Å². The molecule has 0 saturated carbocycles. The number of nitrogens with one attached hydrogen (secondary N) is 1. The number of nitrogen functional groups attached to an aromatic ring is 1. The standard InChI is InChI=1S/C58H89N3O17S/c1-13-42-37(29-72-57-52(71-12)51(70-11)47(65)33(5)74-57)24-30(2)21-22-40(62)31(3)25-38(43-26-39(54(59)79-43)55(68)60-23-17-20-36-18-15-14-16-19-36)49(32(4)41(63)27-44(64)76-42)78-56-48(66)46(61(9)10)50(34(6)75-56)77-45-28-58(8,69)53(67)35(7)73-45/h14-16,18-19,21-22,24,26,31-35,37-38,41-42,45-53,56-57,63,65-67,69H,13,17,20,23,25,27-29,59H2,1-12H3,(H,60,68)/b22-21+,30-24+/t31-,32+,33-,34-,35+,37-,38?,41-,42-,45+,46-,47-,48-,49-,50-,51-,52-,53+,56+,57-,58-/m1/s1. The van der Waals surface area contributed by atoms with Crippen molar-refractivity contribution >= 4 is 34.0 Å². The van der Waals surface area contributed by atoms with Gasteiger partial charge in [-0.25, -0.2) is 0 Å².